The van der Waals surface area contributed by atoms with E-state index in [0.717, 1.165) is 19.3 Å². The van der Waals surface area contributed by atoms with Crippen molar-refractivity contribution in [2.24, 2.45) is 0 Å². The molecule has 0 N–H and O–H groups in total. The Morgan fingerprint density at radius 3 is 2.33 bits per heavy atom. The molecular formula is C21H25FN2O2S. The van der Waals surface area contributed by atoms with Gasteiger partial charge in [-0.2, -0.15) is 4.31 Å². The third-order valence-electron chi connectivity index (χ3n) is 5.64. The number of hydrogen-bond donors (Lipinski definition) is 0. The largest absolute Gasteiger partial charge is 0.296 e. The van der Waals surface area contributed by atoms with Crippen molar-refractivity contribution in [3.8, 4) is 0 Å². The molecule has 27 heavy (non-hydrogen) atoms. The molecule has 144 valence electrons. The van der Waals surface area contributed by atoms with Crippen LogP contribution < -0.4 is 0 Å². The highest BCUT2D eigenvalue weighted by Gasteiger charge is 2.29. The van der Waals surface area contributed by atoms with Gasteiger partial charge in [0.2, 0.25) is 10.0 Å². The highest BCUT2D eigenvalue weighted by Crippen LogP contribution is 2.26. The van der Waals surface area contributed by atoms with Crippen molar-refractivity contribution in [2.45, 2.75) is 37.1 Å². The zero-order chi connectivity index (χ0) is 18.9. The van der Waals surface area contributed by atoms with Gasteiger partial charge in [-0.25, -0.2) is 12.8 Å². The minimum absolute atomic E-state index is 0.207. The lowest BCUT2D eigenvalue weighted by atomic mass is 9.92. The van der Waals surface area contributed by atoms with E-state index >= 15 is 0 Å². The summed E-state index contributed by atoms with van der Waals surface area (Å²) in [5.74, 6) is -0.207. The van der Waals surface area contributed by atoms with Crippen LogP contribution in [0.15, 0.2) is 47.4 Å². The Morgan fingerprint density at radius 2 is 1.59 bits per heavy atom. The number of hydrogen-bond acceptors (Lipinski definition) is 3. The molecule has 6 heteroatoms. The molecule has 0 bridgehead atoms. The standard InChI is InChI=1S/C21H25FN2O2S/c22-21-8-4-3-7-19(21)16-23-11-13-24(14-12-23)27(25,26)20-10-9-17-5-1-2-6-18(17)15-20/h3-4,7-10,15H,1-2,5-6,11-14,16H2. The van der Waals surface area contributed by atoms with Gasteiger partial charge in [-0.15, -0.1) is 0 Å². The van der Waals surface area contributed by atoms with Crippen molar-refractivity contribution in [3.05, 3.63) is 65.0 Å². The molecule has 0 saturated carbocycles. The van der Waals surface area contributed by atoms with Crippen molar-refractivity contribution in [3.63, 3.8) is 0 Å². The van der Waals surface area contributed by atoms with Crippen LogP contribution in [0.1, 0.15) is 29.5 Å². The molecule has 1 saturated heterocycles. The molecule has 0 aromatic heterocycles. The van der Waals surface area contributed by atoms with Gasteiger partial charge in [0.05, 0.1) is 4.90 Å². The topological polar surface area (TPSA) is 40.6 Å². The Labute approximate surface area is 160 Å². The van der Waals surface area contributed by atoms with Crippen molar-refractivity contribution < 1.29 is 12.8 Å². The van der Waals surface area contributed by atoms with Crippen LogP contribution >= 0.6 is 0 Å². The zero-order valence-electron chi connectivity index (χ0n) is 15.4. The number of benzene rings is 2. The molecule has 4 rings (SSSR count). The van der Waals surface area contributed by atoms with E-state index in [1.807, 2.05) is 18.2 Å². The number of sulfonamides is 1. The minimum Gasteiger partial charge on any atom is -0.296 e. The van der Waals surface area contributed by atoms with Crippen LogP contribution in [0.5, 0.6) is 0 Å². The van der Waals surface area contributed by atoms with Crippen LogP contribution in [-0.2, 0) is 29.4 Å². The Morgan fingerprint density at radius 1 is 0.889 bits per heavy atom. The van der Waals surface area contributed by atoms with Crippen molar-refractivity contribution in [1.82, 2.24) is 9.21 Å². The molecule has 1 aliphatic carbocycles. The molecule has 1 heterocycles. The Hall–Kier alpha value is -1.76. The normalized spacial score (nSPS) is 19.0. The van der Waals surface area contributed by atoms with Crippen LogP contribution in [-0.4, -0.2) is 43.8 Å². The number of nitrogens with zero attached hydrogens (tertiary/aromatic N) is 2. The van der Waals surface area contributed by atoms with Crippen molar-refractivity contribution in [2.75, 3.05) is 26.2 Å². The van der Waals surface area contributed by atoms with Gasteiger partial charge in [-0.05, 0) is 55.0 Å². The number of piperazine rings is 1. The first-order chi connectivity index (χ1) is 13.0. The lowest BCUT2D eigenvalue weighted by Gasteiger charge is -2.34. The van der Waals surface area contributed by atoms with E-state index < -0.39 is 10.0 Å². The van der Waals surface area contributed by atoms with Crippen LogP contribution in [0, 0.1) is 5.82 Å². The van der Waals surface area contributed by atoms with E-state index in [-0.39, 0.29) is 5.82 Å². The van der Waals surface area contributed by atoms with E-state index in [4.69, 9.17) is 0 Å². The van der Waals surface area contributed by atoms with Gasteiger partial charge in [0, 0.05) is 38.3 Å². The maximum absolute atomic E-state index is 13.8. The molecule has 0 radical (unpaired) electrons. The van der Waals surface area contributed by atoms with Crippen LogP contribution in [0.2, 0.25) is 0 Å². The van der Waals surface area contributed by atoms with E-state index in [1.54, 1.807) is 22.5 Å². The first kappa shape index (κ1) is 18.6. The predicted octanol–water partition coefficient (Wildman–Crippen LogP) is 3.21. The molecule has 1 fully saturated rings. The molecule has 2 aromatic rings. The fraction of sp³-hybridized carbons (Fsp3) is 0.429. The molecular weight excluding hydrogens is 363 g/mol. The predicted molar refractivity (Wildman–Crippen MR) is 104 cm³/mol. The molecule has 0 amide bonds. The summed E-state index contributed by atoms with van der Waals surface area (Å²) in [5.41, 5.74) is 3.12. The molecule has 1 aliphatic heterocycles. The Bertz CT molecular complexity index is 922. The van der Waals surface area contributed by atoms with E-state index in [2.05, 4.69) is 4.90 Å². The summed E-state index contributed by atoms with van der Waals surface area (Å²) in [6.45, 7) is 2.61. The van der Waals surface area contributed by atoms with Crippen molar-refractivity contribution >= 4 is 10.0 Å². The van der Waals surface area contributed by atoms with Gasteiger partial charge in [-0.1, -0.05) is 24.3 Å². The number of aryl methyl sites for hydroxylation is 2. The summed E-state index contributed by atoms with van der Waals surface area (Å²) in [6, 6.07) is 12.4. The van der Waals surface area contributed by atoms with Gasteiger partial charge >= 0.3 is 0 Å². The fourth-order valence-corrected chi connectivity index (χ4v) is 5.49. The SMILES string of the molecule is O=S(=O)(c1ccc2c(c1)CCCC2)N1CCN(Cc2ccccc2F)CC1. The molecule has 2 aliphatic rings. The second kappa shape index (κ2) is 7.70. The van der Waals surface area contributed by atoms with Gasteiger partial charge in [0.25, 0.3) is 0 Å². The third kappa shape index (κ3) is 3.93. The summed E-state index contributed by atoms with van der Waals surface area (Å²) < 4.78 is 41.5. The lowest BCUT2D eigenvalue weighted by Crippen LogP contribution is -2.48. The lowest BCUT2D eigenvalue weighted by molar-refractivity contribution is 0.180. The number of rotatable bonds is 4. The van der Waals surface area contributed by atoms with Crippen LogP contribution in [0.4, 0.5) is 4.39 Å². The number of fused-ring (bicyclic) bond motifs is 1. The fourth-order valence-electron chi connectivity index (χ4n) is 4.01. The Balaban J connectivity index is 1.43. The quantitative estimate of drug-likeness (QED) is 0.808. The summed E-state index contributed by atoms with van der Waals surface area (Å²) >= 11 is 0. The first-order valence-electron chi connectivity index (χ1n) is 9.62. The highest BCUT2D eigenvalue weighted by atomic mass is 32.2. The average molecular weight is 389 g/mol. The molecule has 0 atom stereocenters. The summed E-state index contributed by atoms with van der Waals surface area (Å²) in [6.07, 6.45) is 4.33. The molecule has 0 unspecified atom stereocenters. The van der Waals surface area contributed by atoms with E-state index in [9.17, 15) is 12.8 Å². The zero-order valence-corrected chi connectivity index (χ0v) is 16.2. The highest BCUT2D eigenvalue weighted by molar-refractivity contribution is 7.89. The number of halogens is 1. The first-order valence-corrected chi connectivity index (χ1v) is 11.1. The molecule has 2 aromatic carbocycles. The second-order valence-electron chi connectivity index (χ2n) is 7.41. The maximum atomic E-state index is 13.8. The van der Waals surface area contributed by atoms with Gasteiger partial charge in [0.15, 0.2) is 0 Å². The second-order valence-corrected chi connectivity index (χ2v) is 9.35. The average Bonchev–Trinajstić information content (AvgIpc) is 2.70. The van der Waals surface area contributed by atoms with Gasteiger partial charge in [0.1, 0.15) is 5.82 Å². The Kier molecular flexibility index (Phi) is 5.30. The van der Waals surface area contributed by atoms with Gasteiger partial charge in [-0.3, -0.25) is 4.90 Å². The van der Waals surface area contributed by atoms with Crippen LogP contribution in [0.25, 0.3) is 0 Å². The third-order valence-corrected chi connectivity index (χ3v) is 7.54. The minimum atomic E-state index is -3.47. The summed E-state index contributed by atoms with van der Waals surface area (Å²) in [5, 5.41) is 0. The van der Waals surface area contributed by atoms with E-state index in [0.29, 0.717) is 43.2 Å². The molecule has 0 spiro atoms. The summed E-state index contributed by atoms with van der Waals surface area (Å²) in [4.78, 5) is 2.52. The monoisotopic (exact) mass is 388 g/mol. The van der Waals surface area contributed by atoms with Crippen molar-refractivity contribution in [1.29, 1.82) is 0 Å². The van der Waals surface area contributed by atoms with E-state index in [1.165, 1.54) is 23.6 Å². The molecule has 4 nitrogen and oxygen atoms in total. The smallest absolute Gasteiger partial charge is 0.243 e. The van der Waals surface area contributed by atoms with Crippen LogP contribution in [0.3, 0.4) is 0 Å². The van der Waals surface area contributed by atoms with Gasteiger partial charge < -0.3 is 0 Å². The summed E-state index contributed by atoms with van der Waals surface area (Å²) in [7, 11) is -3.47. The maximum Gasteiger partial charge on any atom is 0.243 e.